The van der Waals surface area contributed by atoms with Gasteiger partial charge < -0.3 is 9.58 Å². The Morgan fingerprint density at radius 3 is 2.53 bits per heavy atom. The van der Waals surface area contributed by atoms with Crippen molar-refractivity contribution in [3.8, 4) is 0 Å². The molecule has 0 saturated carbocycles. The molecule has 0 aliphatic carbocycles. The zero-order valence-corrected chi connectivity index (χ0v) is 10.2. The lowest BCUT2D eigenvalue weighted by Gasteiger charge is -2.26. The van der Waals surface area contributed by atoms with Gasteiger partial charge in [0.25, 0.3) is 0 Å². The molecular formula is C14H18N2O. The van der Waals surface area contributed by atoms with E-state index < -0.39 is 0 Å². The molecule has 0 spiro atoms. The van der Waals surface area contributed by atoms with Crippen molar-refractivity contribution in [2.75, 3.05) is 26.3 Å². The van der Waals surface area contributed by atoms with E-state index in [1.54, 1.807) is 0 Å². The fourth-order valence-corrected chi connectivity index (χ4v) is 1.99. The van der Waals surface area contributed by atoms with Gasteiger partial charge in [-0.3, -0.25) is 4.90 Å². The van der Waals surface area contributed by atoms with Crippen molar-refractivity contribution in [2.45, 2.75) is 19.5 Å². The van der Waals surface area contributed by atoms with Crippen LogP contribution >= 0.6 is 0 Å². The summed E-state index contributed by atoms with van der Waals surface area (Å²) in [6.45, 7) is 13.6. The van der Waals surface area contributed by atoms with Crippen LogP contribution in [0.25, 0.3) is 4.85 Å². The van der Waals surface area contributed by atoms with E-state index in [-0.39, 0.29) is 6.04 Å². The van der Waals surface area contributed by atoms with Crippen LogP contribution in [-0.4, -0.2) is 31.2 Å². The molecule has 1 saturated heterocycles. The monoisotopic (exact) mass is 230 g/mol. The molecule has 1 aromatic rings. The van der Waals surface area contributed by atoms with E-state index in [0.717, 1.165) is 38.4 Å². The van der Waals surface area contributed by atoms with E-state index >= 15 is 0 Å². The van der Waals surface area contributed by atoms with Crippen LogP contribution in [0.15, 0.2) is 24.3 Å². The van der Waals surface area contributed by atoms with Crippen molar-refractivity contribution in [1.29, 1.82) is 0 Å². The zero-order valence-electron chi connectivity index (χ0n) is 10.2. The van der Waals surface area contributed by atoms with Gasteiger partial charge in [-0.2, -0.15) is 0 Å². The van der Waals surface area contributed by atoms with E-state index in [4.69, 9.17) is 11.3 Å². The number of rotatable bonds is 3. The standard InChI is InChI=1S/C14H18N2O/c1-12(15-2)14-5-3-13(4-6-14)11-16-7-9-17-10-8-16/h3-6,12H,7-11H2,1H3. The van der Waals surface area contributed by atoms with Gasteiger partial charge in [-0.25, -0.2) is 6.57 Å². The smallest absolute Gasteiger partial charge is 0.245 e. The third kappa shape index (κ3) is 3.29. The summed E-state index contributed by atoms with van der Waals surface area (Å²) < 4.78 is 5.33. The SMILES string of the molecule is [C-]#[N+]C(C)c1ccc(CN2CCOCC2)cc1. The van der Waals surface area contributed by atoms with Crippen LogP contribution in [0.4, 0.5) is 0 Å². The first-order chi connectivity index (χ1) is 8.29. The lowest BCUT2D eigenvalue weighted by Crippen LogP contribution is -2.35. The third-order valence-corrected chi connectivity index (χ3v) is 3.17. The van der Waals surface area contributed by atoms with Crippen molar-refractivity contribution in [1.82, 2.24) is 4.90 Å². The highest BCUT2D eigenvalue weighted by Gasteiger charge is 2.11. The number of hydrogen-bond donors (Lipinski definition) is 0. The van der Waals surface area contributed by atoms with Gasteiger partial charge in [-0.15, -0.1) is 0 Å². The Morgan fingerprint density at radius 1 is 1.29 bits per heavy atom. The summed E-state index contributed by atoms with van der Waals surface area (Å²) in [4.78, 5) is 5.93. The topological polar surface area (TPSA) is 16.8 Å². The molecular weight excluding hydrogens is 212 g/mol. The van der Waals surface area contributed by atoms with Crippen LogP contribution in [0.3, 0.4) is 0 Å². The predicted octanol–water partition coefficient (Wildman–Crippen LogP) is 2.50. The first kappa shape index (κ1) is 12.1. The molecule has 1 aliphatic heterocycles. The molecule has 2 rings (SSSR count). The molecule has 1 atom stereocenters. The van der Waals surface area contributed by atoms with Gasteiger partial charge in [-0.1, -0.05) is 24.3 Å². The normalized spacial score (nSPS) is 18.6. The summed E-state index contributed by atoms with van der Waals surface area (Å²) in [7, 11) is 0. The predicted molar refractivity (Wildman–Crippen MR) is 67.6 cm³/mol. The van der Waals surface area contributed by atoms with Crippen molar-refractivity contribution >= 4 is 0 Å². The second-order valence-electron chi connectivity index (χ2n) is 4.44. The molecule has 0 amide bonds. The van der Waals surface area contributed by atoms with Gasteiger partial charge in [0.05, 0.1) is 13.2 Å². The summed E-state index contributed by atoms with van der Waals surface area (Å²) in [5, 5.41) is 0. The summed E-state index contributed by atoms with van der Waals surface area (Å²) in [5.74, 6) is 0. The van der Waals surface area contributed by atoms with Gasteiger partial charge >= 0.3 is 0 Å². The van der Waals surface area contributed by atoms with Crippen molar-refractivity contribution < 1.29 is 4.74 Å². The van der Waals surface area contributed by atoms with Crippen LogP contribution in [0.1, 0.15) is 24.1 Å². The van der Waals surface area contributed by atoms with Gasteiger partial charge in [-0.05, 0) is 5.56 Å². The summed E-state index contributed by atoms with van der Waals surface area (Å²) >= 11 is 0. The molecule has 3 nitrogen and oxygen atoms in total. The van der Waals surface area contributed by atoms with Crippen LogP contribution in [0, 0.1) is 6.57 Å². The maximum atomic E-state index is 7.01. The van der Waals surface area contributed by atoms with E-state index in [0.29, 0.717) is 0 Å². The minimum absolute atomic E-state index is 0.0348. The molecule has 0 radical (unpaired) electrons. The van der Waals surface area contributed by atoms with Crippen molar-refractivity contribution in [3.05, 3.63) is 46.8 Å². The molecule has 0 N–H and O–H groups in total. The highest BCUT2D eigenvalue weighted by Crippen LogP contribution is 2.17. The first-order valence-electron chi connectivity index (χ1n) is 6.05. The Labute approximate surface area is 103 Å². The minimum Gasteiger partial charge on any atom is -0.379 e. The second-order valence-corrected chi connectivity index (χ2v) is 4.44. The van der Waals surface area contributed by atoms with E-state index in [1.807, 2.05) is 6.92 Å². The molecule has 1 aromatic carbocycles. The maximum absolute atomic E-state index is 7.01. The first-order valence-corrected chi connectivity index (χ1v) is 6.05. The number of nitrogens with zero attached hydrogens (tertiary/aromatic N) is 2. The number of benzene rings is 1. The van der Waals surface area contributed by atoms with Crippen LogP contribution < -0.4 is 0 Å². The lowest BCUT2D eigenvalue weighted by atomic mass is 10.1. The molecule has 1 aliphatic rings. The minimum atomic E-state index is -0.0348. The van der Waals surface area contributed by atoms with Crippen molar-refractivity contribution in [3.63, 3.8) is 0 Å². The molecule has 1 heterocycles. The van der Waals surface area contributed by atoms with E-state index in [1.165, 1.54) is 5.56 Å². The fraction of sp³-hybridized carbons (Fsp3) is 0.500. The molecule has 1 unspecified atom stereocenters. The zero-order chi connectivity index (χ0) is 12.1. The van der Waals surface area contributed by atoms with E-state index in [9.17, 15) is 0 Å². The Hall–Kier alpha value is -1.37. The summed E-state index contributed by atoms with van der Waals surface area (Å²) in [6, 6.07) is 8.36. The largest absolute Gasteiger partial charge is 0.379 e. The third-order valence-electron chi connectivity index (χ3n) is 3.17. The Kier molecular flexibility index (Phi) is 4.13. The van der Waals surface area contributed by atoms with Gasteiger partial charge in [0.2, 0.25) is 6.04 Å². The highest BCUT2D eigenvalue weighted by molar-refractivity contribution is 5.26. The summed E-state index contributed by atoms with van der Waals surface area (Å²) in [5.41, 5.74) is 2.42. The molecule has 3 heteroatoms. The van der Waals surface area contributed by atoms with Gasteiger partial charge in [0.1, 0.15) is 0 Å². The Morgan fingerprint density at radius 2 is 1.94 bits per heavy atom. The van der Waals surface area contributed by atoms with Crippen LogP contribution in [-0.2, 0) is 11.3 Å². The van der Waals surface area contributed by atoms with E-state index in [2.05, 4.69) is 34.0 Å². The quantitative estimate of drug-likeness (QED) is 0.742. The second kappa shape index (κ2) is 5.81. The molecule has 0 aromatic heterocycles. The molecule has 17 heavy (non-hydrogen) atoms. The lowest BCUT2D eigenvalue weighted by molar-refractivity contribution is 0.0342. The Bertz CT molecular complexity index is 388. The number of ether oxygens (including phenoxy) is 1. The highest BCUT2D eigenvalue weighted by atomic mass is 16.5. The fourth-order valence-electron chi connectivity index (χ4n) is 1.99. The summed E-state index contributed by atoms with van der Waals surface area (Å²) in [6.07, 6.45) is 0. The number of morpholine rings is 1. The molecule has 0 bridgehead atoms. The maximum Gasteiger partial charge on any atom is 0.245 e. The van der Waals surface area contributed by atoms with Gasteiger partial charge in [0.15, 0.2) is 0 Å². The number of hydrogen-bond acceptors (Lipinski definition) is 2. The average molecular weight is 230 g/mol. The average Bonchev–Trinajstić information content (AvgIpc) is 2.40. The van der Waals surface area contributed by atoms with Gasteiger partial charge in [0, 0.05) is 32.1 Å². The van der Waals surface area contributed by atoms with Crippen molar-refractivity contribution in [2.24, 2.45) is 0 Å². The van der Waals surface area contributed by atoms with Crippen LogP contribution in [0.2, 0.25) is 0 Å². The molecule has 90 valence electrons. The Balaban J connectivity index is 1.96. The van der Waals surface area contributed by atoms with Crippen LogP contribution in [0.5, 0.6) is 0 Å². The molecule has 1 fully saturated rings.